The summed E-state index contributed by atoms with van der Waals surface area (Å²) in [7, 11) is 0. The third-order valence-electron chi connectivity index (χ3n) is 3.51. The van der Waals surface area contributed by atoms with Gasteiger partial charge in [-0.3, -0.25) is 4.79 Å². The van der Waals surface area contributed by atoms with E-state index >= 15 is 0 Å². The molecule has 0 bridgehead atoms. The second kappa shape index (κ2) is 4.29. The van der Waals surface area contributed by atoms with Crippen LogP contribution < -0.4 is 5.73 Å². The third-order valence-corrected chi connectivity index (χ3v) is 3.51. The van der Waals surface area contributed by atoms with E-state index in [1.54, 1.807) is 0 Å². The number of nitriles is 1. The molecule has 0 amide bonds. The van der Waals surface area contributed by atoms with E-state index in [2.05, 4.69) is 6.07 Å². The van der Waals surface area contributed by atoms with Crippen LogP contribution in [0.25, 0.3) is 0 Å². The van der Waals surface area contributed by atoms with E-state index in [4.69, 9.17) is 10.5 Å². The van der Waals surface area contributed by atoms with Gasteiger partial charge in [0.1, 0.15) is 17.4 Å². The molecule has 4 nitrogen and oxygen atoms in total. The van der Waals surface area contributed by atoms with Gasteiger partial charge in [0.25, 0.3) is 0 Å². The van der Waals surface area contributed by atoms with Crippen LogP contribution in [0.4, 0.5) is 0 Å². The Bertz CT molecular complexity index is 650. The van der Waals surface area contributed by atoms with Crippen molar-refractivity contribution in [3.63, 3.8) is 0 Å². The van der Waals surface area contributed by atoms with E-state index < -0.39 is 0 Å². The zero-order chi connectivity index (χ0) is 13.4. The third kappa shape index (κ3) is 1.71. The molecule has 0 radical (unpaired) electrons. The summed E-state index contributed by atoms with van der Waals surface area (Å²) in [5.74, 6) is 0.397. The molecule has 19 heavy (non-hydrogen) atoms. The van der Waals surface area contributed by atoms with E-state index in [9.17, 15) is 10.1 Å². The Labute approximate surface area is 110 Å². The summed E-state index contributed by atoms with van der Waals surface area (Å²) in [4.78, 5) is 12.0. The summed E-state index contributed by atoms with van der Waals surface area (Å²) in [6.45, 7) is 0. The van der Waals surface area contributed by atoms with Crippen LogP contribution in [-0.2, 0) is 9.53 Å². The highest BCUT2D eigenvalue weighted by Crippen LogP contribution is 2.43. The lowest BCUT2D eigenvalue weighted by Crippen LogP contribution is -2.21. The number of nitrogens with zero attached hydrogens (tertiary/aromatic N) is 1. The van der Waals surface area contributed by atoms with Crippen LogP contribution in [-0.4, -0.2) is 5.78 Å². The van der Waals surface area contributed by atoms with Crippen molar-refractivity contribution in [3.05, 3.63) is 58.7 Å². The van der Waals surface area contributed by atoms with Gasteiger partial charge >= 0.3 is 0 Å². The van der Waals surface area contributed by atoms with Crippen molar-refractivity contribution in [2.75, 3.05) is 0 Å². The van der Waals surface area contributed by atoms with Gasteiger partial charge in [0.15, 0.2) is 5.78 Å². The number of ether oxygens (including phenoxy) is 1. The van der Waals surface area contributed by atoms with E-state index in [1.165, 1.54) is 0 Å². The molecular formula is C15H12N2O2. The second-order valence-electron chi connectivity index (χ2n) is 4.60. The molecule has 0 unspecified atom stereocenters. The van der Waals surface area contributed by atoms with Crippen molar-refractivity contribution in [1.82, 2.24) is 0 Å². The molecule has 94 valence electrons. The highest BCUT2D eigenvalue weighted by Gasteiger charge is 2.39. The van der Waals surface area contributed by atoms with Gasteiger partial charge < -0.3 is 10.5 Å². The number of carbonyl (C=O) groups excluding carboxylic acids is 1. The fourth-order valence-corrected chi connectivity index (χ4v) is 2.65. The minimum Gasteiger partial charge on any atom is -0.444 e. The predicted octanol–water partition coefficient (Wildman–Crippen LogP) is 2.11. The second-order valence-corrected chi connectivity index (χ2v) is 4.60. The average molecular weight is 252 g/mol. The number of hydrogen-bond donors (Lipinski definition) is 1. The van der Waals surface area contributed by atoms with Crippen molar-refractivity contribution >= 4 is 5.78 Å². The van der Waals surface area contributed by atoms with E-state index in [0.29, 0.717) is 29.7 Å². The summed E-state index contributed by atoms with van der Waals surface area (Å²) in [5.41, 5.74) is 7.62. The highest BCUT2D eigenvalue weighted by atomic mass is 16.5. The number of rotatable bonds is 1. The van der Waals surface area contributed by atoms with Crippen LogP contribution in [0.15, 0.2) is 53.1 Å². The summed E-state index contributed by atoms with van der Waals surface area (Å²) < 4.78 is 5.43. The zero-order valence-corrected chi connectivity index (χ0v) is 10.2. The molecule has 0 saturated carbocycles. The predicted molar refractivity (Wildman–Crippen MR) is 68.4 cm³/mol. The van der Waals surface area contributed by atoms with Crippen LogP contribution in [0, 0.1) is 11.3 Å². The molecule has 2 aliphatic rings. The molecule has 3 rings (SSSR count). The first-order valence-electron chi connectivity index (χ1n) is 6.11. The first-order chi connectivity index (χ1) is 9.22. The lowest BCUT2D eigenvalue weighted by atomic mass is 9.83. The van der Waals surface area contributed by atoms with Crippen molar-refractivity contribution in [1.29, 1.82) is 5.26 Å². The number of benzene rings is 1. The maximum Gasteiger partial charge on any atom is 0.205 e. The molecule has 2 N–H and O–H groups in total. The van der Waals surface area contributed by atoms with Crippen molar-refractivity contribution < 1.29 is 9.53 Å². The van der Waals surface area contributed by atoms with Gasteiger partial charge in [-0.1, -0.05) is 30.3 Å². The molecule has 1 aliphatic carbocycles. The Morgan fingerprint density at radius 2 is 2.00 bits per heavy atom. The Morgan fingerprint density at radius 3 is 2.68 bits per heavy atom. The van der Waals surface area contributed by atoms with Crippen LogP contribution in [0.1, 0.15) is 24.3 Å². The average Bonchev–Trinajstić information content (AvgIpc) is 2.79. The Morgan fingerprint density at radius 1 is 1.26 bits per heavy atom. The van der Waals surface area contributed by atoms with Gasteiger partial charge in [-0.25, -0.2) is 0 Å². The lowest BCUT2D eigenvalue weighted by Gasteiger charge is -2.25. The Balaban J connectivity index is 2.18. The fraction of sp³-hybridized carbons (Fsp3) is 0.200. The molecule has 0 fully saturated rings. The number of ketones is 1. The molecule has 0 spiro atoms. The van der Waals surface area contributed by atoms with Crippen LogP contribution >= 0.6 is 0 Å². The standard InChI is InChI=1S/C15H12N2O2/c16-8-10-13(9-4-2-1-3-5-9)14-11(18)6-7-12(14)19-15(10)17/h1-5,13H,6-7,17H2/t13-/m1/s1. The van der Waals surface area contributed by atoms with Gasteiger partial charge in [-0.15, -0.1) is 0 Å². The summed E-state index contributed by atoms with van der Waals surface area (Å²) in [6.07, 6.45) is 0.997. The number of hydrogen-bond acceptors (Lipinski definition) is 4. The minimum atomic E-state index is -0.384. The lowest BCUT2D eigenvalue weighted by molar-refractivity contribution is -0.115. The van der Waals surface area contributed by atoms with Gasteiger partial charge in [-0.05, 0) is 5.56 Å². The summed E-state index contributed by atoms with van der Waals surface area (Å²) >= 11 is 0. The summed E-state index contributed by atoms with van der Waals surface area (Å²) in [5, 5.41) is 9.30. The van der Waals surface area contributed by atoms with Crippen molar-refractivity contribution in [2.24, 2.45) is 5.73 Å². The highest BCUT2D eigenvalue weighted by molar-refractivity contribution is 6.01. The Hall–Kier alpha value is -2.54. The smallest absolute Gasteiger partial charge is 0.205 e. The van der Waals surface area contributed by atoms with Gasteiger partial charge in [0.05, 0.1) is 5.92 Å². The molecule has 0 aromatic heterocycles. The molecule has 1 aromatic rings. The molecule has 4 heteroatoms. The van der Waals surface area contributed by atoms with Gasteiger partial charge in [0.2, 0.25) is 5.88 Å². The SMILES string of the molecule is N#CC1=C(N)OC2=C(C(=O)CC2)[C@@H]1c1ccccc1. The van der Waals surface area contributed by atoms with Gasteiger partial charge in [-0.2, -0.15) is 5.26 Å². The van der Waals surface area contributed by atoms with Crippen molar-refractivity contribution in [3.8, 4) is 6.07 Å². The van der Waals surface area contributed by atoms with Crippen LogP contribution in [0.3, 0.4) is 0 Å². The van der Waals surface area contributed by atoms with E-state index in [1.807, 2.05) is 30.3 Å². The molecular weight excluding hydrogens is 240 g/mol. The number of nitrogens with two attached hydrogens (primary N) is 1. The molecule has 1 aliphatic heterocycles. The number of Topliss-reactive ketones (excluding diaryl/α,β-unsaturated/α-hetero) is 1. The first-order valence-corrected chi connectivity index (χ1v) is 6.11. The topological polar surface area (TPSA) is 76.1 Å². The monoisotopic (exact) mass is 252 g/mol. The molecule has 1 atom stereocenters. The van der Waals surface area contributed by atoms with E-state index in [-0.39, 0.29) is 17.6 Å². The largest absolute Gasteiger partial charge is 0.444 e. The fourth-order valence-electron chi connectivity index (χ4n) is 2.65. The summed E-state index contributed by atoms with van der Waals surface area (Å²) in [6, 6.07) is 11.5. The van der Waals surface area contributed by atoms with Crippen LogP contribution in [0.2, 0.25) is 0 Å². The van der Waals surface area contributed by atoms with Gasteiger partial charge in [0, 0.05) is 18.4 Å². The zero-order valence-electron chi connectivity index (χ0n) is 10.2. The quantitative estimate of drug-likeness (QED) is 0.830. The molecule has 1 aromatic carbocycles. The van der Waals surface area contributed by atoms with E-state index in [0.717, 1.165) is 5.56 Å². The first kappa shape index (κ1) is 11.5. The Kier molecular flexibility index (Phi) is 2.60. The molecule has 0 saturated heterocycles. The number of allylic oxidation sites excluding steroid dienone is 3. The maximum absolute atomic E-state index is 12.0. The maximum atomic E-state index is 12.0. The van der Waals surface area contributed by atoms with Crippen LogP contribution in [0.5, 0.6) is 0 Å². The van der Waals surface area contributed by atoms with Crippen molar-refractivity contribution in [2.45, 2.75) is 18.8 Å². The number of carbonyl (C=O) groups is 1. The normalized spacial score (nSPS) is 22.1. The molecule has 1 heterocycles. The minimum absolute atomic E-state index is 0.0455.